The van der Waals surface area contributed by atoms with E-state index >= 15 is 0 Å². The summed E-state index contributed by atoms with van der Waals surface area (Å²) in [4.78, 5) is 34.3. The Hall–Kier alpha value is -2.11. The van der Waals surface area contributed by atoms with Crippen LogP contribution in [0.5, 0.6) is 0 Å². The molecule has 23 heavy (non-hydrogen) atoms. The molecule has 3 amide bonds. The highest BCUT2D eigenvalue weighted by Crippen LogP contribution is 2.39. The van der Waals surface area contributed by atoms with Crippen molar-refractivity contribution in [1.82, 2.24) is 19.7 Å². The third kappa shape index (κ3) is 3.16. The van der Waals surface area contributed by atoms with E-state index in [0.29, 0.717) is 5.56 Å². The number of hydrogen-bond donors (Lipinski definition) is 0. The summed E-state index contributed by atoms with van der Waals surface area (Å²) in [6.45, 7) is 3.06. The number of amides is 3. The molecule has 6 heteroatoms. The lowest BCUT2D eigenvalue weighted by Gasteiger charge is -2.40. The topological polar surface area (TPSA) is 56.8 Å². The van der Waals surface area contributed by atoms with Gasteiger partial charge in [0.2, 0.25) is 0 Å². The fraction of sp³-hybridized carbons (Fsp3) is 0.588. The monoisotopic (exact) mass is 316 g/mol. The maximum Gasteiger partial charge on any atom is 0.319 e. The van der Waals surface area contributed by atoms with Crippen LogP contribution in [0.25, 0.3) is 0 Å². The van der Waals surface area contributed by atoms with Crippen LogP contribution in [0, 0.1) is 5.41 Å². The van der Waals surface area contributed by atoms with Crippen molar-refractivity contribution in [2.24, 2.45) is 5.41 Å². The fourth-order valence-electron chi connectivity index (χ4n) is 3.77. The zero-order valence-corrected chi connectivity index (χ0v) is 13.9. The van der Waals surface area contributed by atoms with Gasteiger partial charge in [0.1, 0.15) is 0 Å². The highest BCUT2D eigenvalue weighted by atomic mass is 16.2. The first-order chi connectivity index (χ1) is 11.0. The minimum absolute atomic E-state index is 0.0505. The van der Waals surface area contributed by atoms with Gasteiger partial charge in [0.05, 0.1) is 5.56 Å². The number of piperidine rings is 1. The number of urea groups is 1. The van der Waals surface area contributed by atoms with Crippen LogP contribution in [0.4, 0.5) is 4.79 Å². The van der Waals surface area contributed by atoms with Gasteiger partial charge in [0, 0.05) is 58.1 Å². The number of hydrogen-bond acceptors (Lipinski definition) is 3. The van der Waals surface area contributed by atoms with E-state index in [1.54, 1.807) is 37.5 Å². The lowest BCUT2D eigenvalue weighted by molar-refractivity contribution is 0.0533. The predicted molar refractivity (Wildman–Crippen MR) is 87.1 cm³/mol. The molecule has 1 spiro atoms. The Labute approximate surface area is 137 Å². The van der Waals surface area contributed by atoms with Crippen molar-refractivity contribution in [2.45, 2.75) is 19.3 Å². The third-order valence-electron chi connectivity index (χ3n) is 4.95. The molecule has 0 aromatic carbocycles. The smallest absolute Gasteiger partial charge is 0.319 e. The van der Waals surface area contributed by atoms with E-state index in [-0.39, 0.29) is 17.4 Å². The SMILES string of the molecule is CN(C)C(=O)N1CCC2(CCCN(C(=O)c3cccnc3)C2)C1. The van der Waals surface area contributed by atoms with Crippen LogP contribution in [-0.4, -0.2) is 71.9 Å². The van der Waals surface area contributed by atoms with Crippen LogP contribution < -0.4 is 0 Å². The van der Waals surface area contributed by atoms with Crippen molar-refractivity contribution in [3.05, 3.63) is 30.1 Å². The molecule has 2 fully saturated rings. The molecule has 1 atom stereocenters. The number of pyridine rings is 1. The standard InChI is InChI=1S/C17H24N4O2/c1-19(2)16(23)21-10-7-17(13-21)6-4-9-20(12-17)15(22)14-5-3-8-18-11-14/h3,5,8,11H,4,6-7,9-10,12-13H2,1-2H3. The van der Waals surface area contributed by atoms with Gasteiger partial charge in [0.25, 0.3) is 5.91 Å². The number of aromatic nitrogens is 1. The molecule has 1 aromatic rings. The second kappa shape index (κ2) is 6.18. The van der Waals surface area contributed by atoms with E-state index in [0.717, 1.165) is 45.4 Å². The Kier molecular flexibility index (Phi) is 4.24. The molecule has 3 rings (SSSR count). The Morgan fingerprint density at radius 2 is 1.96 bits per heavy atom. The van der Waals surface area contributed by atoms with Crippen LogP contribution in [0.1, 0.15) is 29.6 Å². The van der Waals surface area contributed by atoms with Crippen molar-refractivity contribution in [1.29, 1.82) is 0 Å². The summed E-state index contributed by atoms with van der Waals surface area (Å²) in [5.41, 5.74) is 0.700. The molecular weight excluding hydrogens is 292 g/mol. The van der Waals surface area contributed by atoms with Crippen molar-refractivity contribution < 1.29 is 9.59 Å². The number of nitrogens with zero attached hydrogens (tertiary/aromatic N) is 4. The largest absolute Gasteiger partial charge is 0.338 e. The molecule has 2 aliphatic heterocycles. The molecule has 0 bridgehead atoms. The Bertz CT molecular complexity index is 590. The molecule has 0 aliphatic carbocycles. The zero-order valence-electron chi connectivity index (χ0n) is 13.9. The normalized spacial score (nSPS) is 24.1. The molecule has 0 N–H and O–H groups in total. The van der Waals surface area contributed by atoms with Gasteiger partial charge in [-0.1, -0.05) is 0 Å². The maximum absolute atomic E-state index is 12.7. The zero-order chi connectivity index (χ0) is 16.4. The second-order valence-electron chi connectivity index (χ2n) is 6.92. The Balaban J connectivity index is 1.69. The van der Waals surface area contributed by atoms with Crippen LogP contribution >= 0.6 is 0 Å². The van der Waals surface area contributed by atoms with Crippen molar-refractivity contribution in [3.8, 4) is 0 Å². The summed E-state index contributed by atoms with van der Waals surface area (Å²) in [6.07, 6.45) is 6.36. The highest BCUT2D eigenvalue weighted by Gasteiger charge is 2.44. The van der Waals surface area contributed by atoms with Crippen molar-refractivity contribution >= 4 is 11.9 Å². The van der Waals surface area contributed by atoms with Gasteiger partial charge in [-0.2, -0.15) is 0 Å². The van der Waals surface area contributed by atoms with Crippen LogP contribution in [0.2, 0.25) is 0 Å². The van der Waals surface area contributed by atoms with E-state index in [2.05, 4.69) is 4.98 Å². The van der Waals surface area contributed by atoms with Crippen molar-refractivity contribution in [3.63, 3.8) is 0 Å². The number of rotatable bonds is 1. The molecule has 0 saturated carbocycles. The van der Waals surface area contributed by atoms with E-state index < -0.39 is 0 Å². The summed E-state index contributed by atoms with van der Waals surface area (Å²) in [5, 5.41) is 0. The lowest BCUT2D eigenvalue weighted by Crippen LogP contribution is -2.48. The Morgan fingerprint density at radius 1 is 1.17 bits per heavy atom. The molecule has 3 heterocycles. The van der Waals surface area contributed by atoms with Crippen LogP contribution in [0.3, 0.4) is 0 Å². The summed E-state index contributed by atoms with van der Waals surface area (Å²) >= 11 is 0. The lowest BCUT2D eigenvalue weighted by atomic mass is 9.79. The van der Waals surface area contributed by atoms with Gasteiger partial charge < -0.3 is 14.7 Å². The van der Waals surface area contributed by atoms with E-state index in [1.165, 1.54) is 0 Å². The summed E-state index contributed by atoms with van der Waals surface area (Å²) in [5.74, 6) is 0.0505. The van der Waals surface area contributed by atoms with Gasteiger partial charge >= 0.3 is 6.03 Å². The first-order valence-corrected chi connectivity index (χ1v) is 8.16. The summed E-state index contributed by atoms with van der Waals surface area (Å²) in [7, 11) is 3.57. The first-order valence-electron chi connectivity index (χ1n) is 8.16. The highest BCUT2D eigenvalue weighted by molar-refractivity contribution is 5.94. The number of likely N-dealkylation sites (tertiary alicyclic amines) is 2. The van der Waals surface area contributed by atoms with Gasteiger partial charge in [-0.15, -0.1) is 0 Å². The minimum atomic E-state index is 0.0505. The fourth-order valence-corrected chi connectivity index (χ4v) is 3.77. The van der Waals surface area contributed by atoms with E-state index in [9.17, 15) is 9.59 Å². The van der Waals surface area contributed by atoms with Gasteiger partial charge in [-0.25, -0.2) is 4.79 Å². The molecule has 124 valence electrons. The molecule has 1 aromatic heterocycles. The molecule has 2 aliphatic rings. The quantitative estimate of drug-likeness (QED) is 0.792. The second-order valence-corrected chi connectivity index (χ2v) is 6.92. The van der Waals surface area contributed by atoms with E-state index in [1.807, 2.05) is 15.9 Å². The average molecular weight is 316 g/mol. The predicted octanol–water partition coefficient (Wildman–Crippen LogP) is 1.69. The summed E-state index contributed by atoms with van der Waals surface area (Å²) < 4.78 is 0. The first kappa shape index (κ1) is 15.8. The molecule has 1 unspecified atom stereocenters. The molecule has 2 saturated heterocycles. The van der Waals surface area contributed by atoms with Crippen LogP contribution in [0.15, 0.2) is 24.5 Å². The number of carbonyl (C=O) groups excluding carboxylic acids is 2. The third-order valence-corrected chi connectivity index (χ3v) is 4.95. The minimum Gasteiger partial charge on any atom is -0.338 e. The van der Waals surface area contributed by atoms with Gasteiger partial charge in [-0.3, -0.25) is 9.78 Å². The maximum atomic E-state index is 12.7. The van der Waals surface area contributed by atoms with Gasteiger partial charge in [0.15, 0.2) is 0 Å². The number of carbonyl (C=O) groups is 2. The molecular formula is C17H24N4O2. The van der Waals surface area contributed by atoms with Crippen LogP contribution in [-0.2, 0) is 0 Å². The Morgan fingerprint density at radius 3 is 2.65 bits per heavy atom. The average Bonchev–Trinajstić information content (AvgIpc) is 2.97. The molecule has 6 nitrogen and oxygen atoms in total. The van der Waals surface area contributed by atoms with Gasteiger partial charge in [-0.05, 0) is 31.4 Å². The van der Waals surface area contributed by atoms with Crippen molar-refractivity contribution in [2.75, 3.05) is 40.3 Å². The van der Waals surface area contributed by atoms with E-state index in [4.69, 9.17) is 0 Å². The molecule has 0 radical (unpaired) electrons. The summed E-state index contributed by atoms with van der Waals surface area (Å²) in [6, 6.07) is 3.67.